The lowest BCUT2D eigenvalue weighted by molar-refractivity contribution is -0.141. The smallest absolute Gasteiger partial charge is 0.393 e. The fourth-order valence-corrected chi connectivity index (χ4v) is 4.06. The van der Waals surface area contributed by atoms with Crippen molar-refractivity contribution in [1.82, 2.24) is 9.97 Å². The van der Waals surface area contributed by atoms with E-state index in [9.17, 15) is 23.4 Å². The van der Waals surface area contributed by atoms with Crippen molar-refractivity contribution in [3.05, 3.63) is 11.8 Å². The van der Waals surface area contributed by atoms with E-state index < -0.39 is 24.1 Å². The third-order valence-corrected chi connectivity index (χ3v) is 6.04. The molecule has 2 unspecified atom stereocenters. The first-order valence-corrected chi connectivity index (χ1v) is 9.97. The minimum atomic E-state index is -4.54. The van der Waals surface area contributed by atoms with Gasteiger partial charge in [-0.05, 0) is 51.4 Å². The number of anilines is 2. The monoisotopic (exact) mass is 402 g/mol. The van der Waals surface area contributed by atoms with Gasteiger partial charge in [0, 0.05) is 32.2 Å². The van der Waals surface area contributed by atoms with Gasteiger partial charge in [-0.2, -0.15) is 18.2 Å². The second-order valence-electron chi connectivity index (χ2n) is 8.04. The van der Waals surface area contributed by atoms with Gasteiger partial charge in [0.25, 0.3) is 0 Å². The predicted molar refractivity (Wildman–Crippen MR) is 100 cm³/mol. The Morgan fingerprint density at radius 1 is 0.893 bits per heavy atom. The number of piperidine rings is 2. The first-order chi connectivity index (χ1) is 13.1. The Morgan fingerprint density at radius 3 is 1.79 bits per heavy atom. The molecule has 2 N–H and O–H groups in total. The van der Waals surface area contributed by atoms with Gasteiger partial charge >= 0.3 is 6.18 Å². The van der Waals surface area contributed by atoms with E-state index in [2.05, 4.69) is 9.97 Å². The summed E-state index contributed by atoms with van der Waals surface area (Å²) >= 11 is 0. The molecule has 158 valence electrons. The molecule has 2 aliphatic rings. The predicted octanol–water partition coefficient (Wildman–Crippen LogP) is 2.69. The highest BCUT2D eigenvalue weighted by Gasteiger charge is 2.36. The molecule has 1 aromatic heterocycles. The second-order valence-corrected chi connectivity index (χ2v) is 8.04. The highest BCUT2D eigenvalue weighted by molar-refractivity contribution is 5.47. The van der Waals surface area contributed by atoms with Crippen LogP contribution in [0.4, 0.5) is 24.9 Å². The van der Waals surface area contributed by atoms with Gasteiger partial charge in [-0.25, -0.2) is 4.98 Å². The van der Waals surface area contributed by atoms with Crippen molar-refractivity contribution in [3.63, 3.8) is 0 Å². The van der Waals surface area contributed by atoms with Crippen LogP contribution in [0.15, 0.2) is 6.07 Å². The van der Waals surface area contributed by atoms with Crippen molar-refractivity contribution >= 4 is 11.8 Å². The molecule has 0 amide bonds. The third kappa shape index (κ3) is 4.86. The standard InChI is InChI=1S/C19H29F3N4O2/c1-12(27)14-3-7-25(8-4-14)17-11-16(19(20,21)22)23-18(24-17)26-9-5-15(6-10-26)13(2)28/h11-15,27-28H,3-10H2,1-2H3. The van der Waals surface area contributed by atoms with Crippen molar-refractivity contribution in [1.29, 1.82) is 0 Å². The molecule has 2 saturated heterocycles. The molecule has 0 aromatic carbocycles. The summed E-state index contributed by atoms with van der Waals surface area (Å²) in [5.74, 6) is 0.714. The third-order valence-electron chi connectivity index (χ3n) is 6.04. The van der Waals surface area contributed by atoms with E-state index in [0.29, 0.717) is 44.8 Å². The number of nitrogens with zero attached hydrogens (tertiary/aromatic N) is 4. The minimum absolute atomic E-state index is 0.103. The number of aromatic nitrogens is 2. The van der Waals surface area contributed by atoms with Crippen LogP contribution >= 0.6 is 0 Å². The fraction of sp³-hybridized carbons (Fsp3) is 0.789. The van der Waals surface area contributed by atoms with Gasteiger partial charge in [0.15, 0.2) is 5.69 Å². The molecule has 2 fully saturated rings. The van der Waals surface area contributed by atoms with Crippen molar-refractivity contribution in [2.75, 3.05) is 36.0 Å². The van der Waals surface area contributed by atoms with Crippen LogP contribution in [0.1, 0.15) is 45.2 Å². The molecule has 6 nitrogen and oxygen atoms in total. The number of halogens is 3. The van der Waals surface area contributed by atoms with E-state index in [0.717, 1.165) is 18.9 Å². The van der Waals surface area contributed by atoms with Crippen LogP contribution in [0.25, 0.3) is 0 Å². The summed E-state index contributed by atoms with van der Waals surface area (Å²) in [7, 11) is 0. The number of alkyl halides is 3. The van der Waals surface area contributed by atoms with Crippen LogP contribution < -0.4 is 9.80 Å². The maximum atomic E-state index is 13.4. The molecule has 0 spiro atoms. The Bertz CT molecular complexity index is 607. The number of hydrogen-bond donors (Lipinski definition) is 2. The van der Waals surface area contributed by atoms with Crippen LogP contribution in [0.5, 0.6) is 0 Å². The minimum Gasteiger partial charge on any atom is -0.393 e. The molecule has 0 bridgehead atoms. The molecule has 1 aromatic rings. The normalized spacial score (nSPS) is 22.4. The van der Waals surface area contributed by atoms with E-state index in [-0.39, 0.29) is 17.8 Å². The Labute approximate surface area is 163 Å². The van der Waals surface area contributed by atoms with Gasteiger partial charge in [0.05, 0.1) is 12.2 Å². The summed E-state index contributed by atoms with van der Waals surface area (Å²) in [5, 5.41) is 19.5. The highest BCUT2D eigenvalue weighted by atomic mass is 19.4. The Hall–Kier alpha value is -1.61. The number of aliphatic hydroxyl groups is 2. The molecule has 3 rings (SSSR count). The second kappa shape index (κ2) is 8.41. The maximum Gasteiger partial charge on any atom is 0.433 e. The van der Waals surface area contributed by atoms with E-state index in [1.165, 1.54) is 0 Å². The molecule has 9 heteroatoms. The lowest BCUT2D eigenvalue weighted by Crippen LogP contribution is -2.40. The molecular weight excluding hydrogens is 373 g/mol. The topological polar surface area (TPSA) is 72.7 Å². The first kappa shape index (κ1) is 21.1. The Morgan fingerprint density at radius 2 is 1.36 bits per heavy atom. The fourth-order valence-electron chi connectivity index (χ4n) is 4.06. The molecule has 2 aliphatic heterocycles. The summed E-state index contributed by atoms with van der Waals surface area (Å²) in [6.07, 6.45) is -2.53. The van der Waals surface area contributed by atoms with Crippen LogP contribution in [-0.2, 0) is 6.18 Å². The molecule has 0 saturated carbocycles. The van der Waals surface area contributed by atoms with Gasteiger partial charge in [0.2, 0.25) is 5.95 Å². The SMILES string of the molecule is CC(O)C1CCN(c2cc(C(F)(F)F)nc(N3CCC(C(C)O)CC3)n2)CC1. The summed E-state index contributed by atoms with van der Waals surface area (Å²) in [4.78, 5) is 11.9. The lowest BCUT2D eigenvalue weighted by atomic mass is 9.92. The van der Waals surface area contributed by atoms with E-state index in [1.54, 1.807) is 18.7 Å². The summed E-state index contributed by atoms with van der Waals surface area (Å²) in [6.45, 7) is 5.68. The Balaban J connectivity index is 1.81. The van der Waals surface area contributed by atoms with Gasteiger partial charge in [0.1, 0.15) is 5.82 Å². The molecule has 0 aliphatic carbocycles. The largest absolute Gasteiger partial charge is 0.433 e. The zero-order chi connectivity index (χ0) is 20.5. The first-order valence-electron chi connectivity index (χ1n) is 9.97. The van der Waals surface area contributed by atoms with Crippen molar-refractivity contribution < 1.29 is 23.4 Å². The van der Waals surface area contributed by atoms with E-state index >= 15 is 0 Å². The van der Waals surface area contributed by atoms with Gasteiger partial charge < -0.3 is 20.0 Å². The van der Waals surface area contributed by atoms with Crippen molar-refractivity contribution in [2.24, 2.45) is 11.8 Å². The number of rotatable bonds is 4. The Kier molecular flexibility index (Phi) is 6.34. The van der Waals surface area contributed by atoms with Crippen LogP contribution in [0, 0.1) is 11.8 Å². The maximum absolute atomic E-state index is 13.4. The van der Waals surface area contributed by atoms with E-state index in [4.69, 9.17) is 0 Å². The zero-order valence-electron chi connectivity index (χ0n) is 16.4. The molecule has 2 atom stereocenters. The zero-order valence-corrected chi connectivity index (χ0v) is 16.4. The average molecular weight is 402 g/mol. The van der Waals surface area contributed by atoms with Crippen LogP contribution in [0.3, 0.4) is 0 Å². The number of aliphatic hydroxyl groups excluding tert-OH is 2. The molecule has 28 heavy (non-hydrogen) atoms. The quantitative estimate of drug-likeness (QED) is 0.807. The molecule has 3 heterocycles. The van der Waals surface area contributed by atoms with Gasteiger partial charge in [-0.15, -0.1) is 0 Å². The summed E-state index contributed by atoms with van der Waals surface area (Å²) in [6, 6.07) is 1.02. The number of hydrogen-bond acceptors (Lipinski definition) is 6. The van der Waals surface area contributed by atoms with E-state index in [1.807, 2.05) is 4.90 Å². The van der Waals surface area contributed by atoms with Crippen molar-refractivity contribution in [2.45, 2.75) is 57.9 Å². The summed E-state index contributed by atoms with van der Waals surface area (Å²) < 4.78 is 40.3. The van der Waals surface area contributed by atoms with Crippen LogP contribution in [0.2, 0.25) is 0 Å². The highest BCUT2D eigenvalue weighted by Crippen LogP contribution is 2.33. The van der Waals surface area contributed by atoms with Gasteiger partial charge in [-0.3, -0.25) is 0 Å². The van der Waals surface area contributed by atoms with Crippen LogP contribution in [-0.4, -0.2) is 58.6 Å². The van der Waals surface area contributed by atoms with Gasteiger partial charge in [-0.1, -0.05) is 0 Å². The van der Waals surface area contributed by atoms with Crippen molar-refractivity contribution in [3.8, 4) is 0 Å². The summed E-state index contributed by atoms with van der Waals surface area (Å²) in [5.41, 5.74) is -0.928. The molecule has 0 radical (unpaired) electrons. The lowest BCUT2D eigenvalue weighted by Gasteiger charge is -2.36. The molecular formula is C19H29F3N4O2. The average Bonchev–Trinajstić information content (AvgIpc) is 2.67.